The van der Waals surface area contributed by atoms with Crippen LogP contribution in [0.25, 0.3) is 0 Å². The van der Waals surface area contributed by atoms with Crippen molar-refractivity contribution in [2.75, 3.05) is 6.54 Å². The van der Waals surface area contributed by atoms with Crippen LogP contribution in [0.2, 0.25) is 0 Å². The van der Waals surface area contributed by atoms with Gasteiger partial charge in [-0.15, -0.1) is 0 Å². The highest BCUT2D eigenvalue weighted by Crippen LogP contribution is 2.28. The summed E-state index contributed by atoms with van der Waals surface area (Å²) >= 11 is 0. The molecule has 0 spiro atoms. The Balaban J connectivity index is 1.98. The third-order valence-corrected chi connectivity index (χ3v) is 4.57. The summed E-state index contributed by atoms with van der Waals surface area (Å²) in [6.45, 7) is 5.08. The fourth-order valence-corrected chi connectivity index (χ4v) is 3.27. The van der Waals surface area contributed by atoms with Crippen molar-refractivity contribution < 1.29 is 19.4 Å². The molecular formula is C16H27NO4. The first-order valence-electron chi connectivity index (χ1n) is 8.17. The molecule has 0 aromatic carbocycles. The molecule has 1 heterocycles. The van der Waals surface area contributed by atoms with Crippen LogP contribution in [0.3, 0.4) is 0 Å². The lowest BCUT2D eigenvalue weighted by atomic mass is 10.1. The van der Waals surface area contributed by atoms with Crippen molar-refractivity contribution >= 4 is 11.9 Å². The molecule has 2 atom stereocenters. The number of rotatable bonds is 6. The van der Waals surface area contributed by atoms with Crippen molar-refractivity contribution in [3.63, 3.8) is 0 Å². The lowest BCUT2D eigenvalue weighted by Crippen LogP contribution is -2.45. The van der Waals surface area contributed by atoms with Crippen LogP contribution in [0, 0.1) is 5.92 Å². The minimum absolute atomic E-state index is 0.00583. The molecule has 2 fully saturated rings. The van der Waals surface area contributed by atoms with Gasteiger partial charge in [-0.25, -0.2) is 4.79 Å². The number of carboxylic acids is 1. The van der Waals surface area contributed by atoms with Crippen LogP contribution in [0.4, 0.5) is 0 Å². The minimum Gasteiger partial charge on any atom is -0.479 e. The molecule has 0 aromatic heterocycles. The molecule has 21 heavy (non-hydrogen) atoms. The third kappa shape index (κ3) is 4.19. The number of carbonyl (C=O) groups is 2. The summed E-state index contributed by atoms with van der Waals surface area (Å²) in [5.41, 5.74) is 0. The fourth-order valence-electron chi connectivity index (χ4n) is 3.27. The van der Waals surface area contributed by atoms with E-state index in [2.05, 4.69) is 13.8 Å². The highest BCUT2D eigenvalue weighted by atomic mass is 16.5. The SMILES string of the molecule is CC(C)CCN(C(=O)C1CCC(C(=O)O)O1)C1CCCC1. The van der Waals surface area contributed by atoms with E-state index in [0.717, 1.165) is 25.8 Å². The Kier molecular flexibility index (Phi) is 5.62. The van der Waals surface area contributed by atoms with Gasteiger partial charge in [0.25, 0.3) is 5.91 Å². The Morgan fingerprint density at radius 1 is 1.14 bits per heavy atom. The predicted molar refractivity (Wildman–Crippen MR) is 79.0 cm³/mol. The van der Waals surface area contributed by atoms with Crippen LogP contribution < -0.4 is 0 Å². The Hall–Kier alpha value is -1.10. The number of amides is 1. The van der Waals surface area contributed by atoms with Crippen molar-refractivity contribution in [2.24, 2.45) is 5.92 Å². The molecular weight excluding hydrogens is 270 g/mol. The van der Waals surface area contributed by atoms with Crippen molar-refractivity contribution in [1.29, 1.82) is 0 Å². The quantitative estimate of drug-likeness (QED) is 0.817. The largest absolute Gasteiger partial charge is 0.479 e. The molecule has 2 rings (SSSR count). The van der Waals surface area contributed by atoms with Gasteiger partial charge in [-0.1, -0.05) is 26.7 Å². The van der Waals surface area contributed by atoms with Crippen molar-refractivity contribution in [1.82, 2.24) is 4.90 Å². The number of carbonyl (C=O) groups excluding carboxylic acids is 1. The Bertz CT molecular complexity index is 376. The average molecular weight is 297 g/mol. The van der Waals surface area contributed by atoms with E-state index in [0.29, 0.717) is 24.8 Å². The number of carboxylic acid groups (broad SMARTS) is 1. The van der Waals surface area contributed by atoms with E-state index in [4.69, 9.17) is 9.84 Å². The third-order valence-electron chi connectivity index (χ3n) is 4.57. The molecule has 5 nitrogen and oxygen atoms in total. The molecule has 120 valence electrons. The predicted octanol–water partition coefficient (Wildman–Crippen LogP) is 2.44. The van der Waals surface area contributed by atoms with Crippen LogP contribution >= 0.6 is 0 Å². The second kappa shape index (κ2) is 7.25. The van der Waals surface area contributed by atoms with Crippen molar-refractivity contribution in [2.45, 2.75) is 77.0 Å². The maximum absolute atomic E-state index is 12.7. The molecule has 1 saturated carbocycles. The molecule has 1 aliphatic carbocycles. The van der Waals surface area contributed by atoms with Gasteiger partial charge in [-0.05, 0) is 38.0 Å². The van der Waals surface area contributed by atoms with Gasteiger partial charge < -0.3 is 14.7 Å². The number of hydrogen-bond donors (Lipinski definition) is 1. The van der Waals surface area contributed by atoms with E-state index in [9.17, 15) is 9.59 Å². The Labute approximate surface area is 126 Å². The minimum atomic E-state index is -0.958. The zero-order valence-electron chi connectivity index (χ0n) is 13.1. The van der Waals surface area contributed by atoms with Crippen LogP contribution in [-0.4, -0.2) is 46.7 Å². The monoisotopic (exact) mass is 297 g/mol. The van der Waals surface area contributed by atoms with Gasteiger partial charge in [0.05, 0.1) is 0 Å². The fraction of sp³-hybridized carbons (Fsp3) is 0.875. The van der Waals surface area contributed by atoms with Gasteiger partial charge in [0.1, 0.15) is 6.10 Å². The first-order chi connectivity index (χ1) is 9.99. The highest BCUT2D eigenvalue weighted by molar-refractivity contribution is 5.83. The second-order valence-electron chi connectivity index (χ2n) is 6.68. The van der Waals surface area contributed by atoms with Crippen molar-refractivity contribution in [3.05, 3.63) is 0 Å². The smallest absolute Gasteiger partial charge is 0.332 e. The number of nitrogens with zero attached hydrogens (tertiary/aromatic N) is 1. The lowest BCUT2D eigenvalue weighted by Gasteiger charge is -2.31. The summed E-state index contributed by atoms with van der Waals surface area (Å²) in [4.78, 5) is 25.7. The molecule has 1 amide bonds. The highest BCUT2D eigenvalue weighted by Gasteiger charge is 2.38. The number of ether oxygens (including phenoxy) is 1. The molecule has 2 aliphatic rings. The normalized spacial score (nSPS) is 26.4. The molecule has 1 aliphatic heterocycles. The molecule has 0 radical (unpaired) electrons. The molecule has 1 N–H and O–H groups in total. The standard InChI is InChI=1S/C16H27NO4/c1-11(2)9-10-17(12-5-3-4-6-12)15(18)13-7-8-14(21-13)16(19)20/h11-14H,3-10H2,1-2H3,(H,19,20). The molecule has 0 bridgehead atoms. The van der Waals surface area contributed by atoms with Gasteiger partial charge in [0.15, 0.2) is 6.10 Å². The van der Waals surface area contributed by atoms with Gasteiger partial charge in [-0.2, -0.15) is 0 Å². The summed E-state index contributed by atoms with van der Waals surface area (Å²) in [5, 5.41) is 8.99. The van der Waals surface area contributed by atoms with Crippen LogP contribution in [0.1, 0.15) is 58.8 Å². The summed E-state index contributed by atoms with van der Waals surface area (Å²) in [7, 11) is 0. The van der Waals surface area contributed by atoms with E-state index >= 15 is 0 Å². The van der Waals surface area contributed by atoms with Gasteiger partial charge in [0, 0.05) is 12.6 Å². The maximum Gasteiger partial charge on any atom is 0.332 e. The van der Waals surface area contributed by atoms with Gasteiger partial charge in [0.2, 0.25) is 0 Å². The molecule has 0 aromatic rings. The first kappa shape index (κ1) is 16.3. The van der Waals surface area contributed by atoms with Gasteiger partial charge >= 0.3 is 5.97 Å². The Morgan fingerprint density at radius 3 is 2.29 bits per heavy atom. The first-order valence-corrected chi connectivity index (χ1v) is 8.17. The van der Waals surface area contributed by atoms with E-state index in [1.54, 1.807) is 0 Å². The summed E-state index contributed by atoms with van der Waals surface area (Å²) < 4.78 is 5.44. The second-order valence-corrected chi connectivity index (χ2v) is 6.68. The van der Waals surface area contributed by atoms with Crippen molar-refractivity contribution in [3.8, 4) is 0 Å². The van der Waals surface area contributed by atoms with Gasteiger partial charge in [-0.3, -0.25) is 4.79 Å². The number of aliphatic carboxylic acids is 1. The number of hydrogen-bond acceptors (Lipinski definition) is 3. The summed E-state index contributed by atoms with van der Waals surface area (Å²) in [6, 6.07) is 0.323. The lowest BCUT2D eigenvalue weighted by molar-refractivity contribution is -0.155. The van der Waals surface area contributed by atoms with E-state index in [1.807, 2.05) is 4.90 Å². The van der Waals surface area contributed by atoms with Crippen LogP contribution in [0.15, 0.2) is 0 Å². The Morgan fingerprint density at radius 2 is 1.76 bits per heavy atom. The molecule has 2 unspecified atom stereocenters. The maximum atomic E-state index is 12.7. The van der Waals surface area contributed by atoms with E-state index < -0.39 is 18.2 Å². The summed E-state index contributed by atoms with van der Waals surface area (Å²) in [6.07, 6.45) is 5.08. The van der Waals surface area contributed by atoms with E-state index in [1.165, 1.54) is 12.8 Å². The molecule has 1 saturated heterocycles. The average Bonchev–Trinajstić information content (AvgIpc) is 3.09. The molecule has 5 heteroatoms. The van der Waals surface area contributed by atoms with Crippen LogP contribution in [0.5, 0.6) is 0 Å². The topological polar surface area (TPSA) is 66.8 Å². The zero-order valence-corrected chi connectivity index (χ0v) is 13.1. The van der Waals surface area contributed by atoms with E-state index in [-0.39, 0.29) is 5.91 Å². The zero-order chi connectivity index (χ0) is 15.4. The summed E-state index contributed by atoms with van der Waals surface area (Å²) in [5.74, 6) is -0.399. The van der Waals surface area contributed by atoms with Crippen LogP contribution in [-0.2, 0) is 14.3 Å².